The summed E-state index contributed by atoms with van der Waals surface area (Å²) in [5.74, 6) is -2.05. The van der Waals surface area contributed by atoms with Crippen LogP contribution in [0.5, 0.6) is 0 Å². The van der Waals surface area contributed by atoms with E-state index in [4.69, 9.17) is 4.42 Å². The Morgan fingerprint density at radius 2 is 1.76 bits per heavy atom. The van der Waals surface area contributed by atoms with Gasteiger partial charge in [-0.05, 0) is 49.3 Å². The van der Waals surface area contributed by atoms with Crippen molar-refractivity contribution in [2.75, 3.05) is 6.54 Å². The fourth-order valence-electron chi connectivity index (χ4n) is 5.06. The van der Waals surface area contributed by atoms with Gasteiger partial charge in [0.25, 0.3) is 11.8 Å². The van der Waals surface area contributed by atoms with Gasteiger partial charge in [0, 0.05) is 18.9 Å². The van der Waals surface area contributed by atoms with Crippen LogP contribution >= 0.6 is 0 Å². The van der Waals surface area contributed by atoms with Crippen molar-refractivity contribution in [3.8, 4) is 0 Å². The molecular formula is C31H38N6O5. The Kier molecular flexibility index (Phi) is 9.82. The van der Waals surface area contributed by atoms with Gasteiger partial charge in [0.15, 0.2) is 0 Å². The molecule has 3 atom stereocenters. The topological polar surface area (TPSA) is 147 Å². The zero-order valence-corrected chi connectivity index (χ0v) is 24.7. The number of carbonyl (C=O) groups excluding carboxylic acids is 4. The summed E-state index contributed by atoms with van der Waals surface area (Å²) in [6.07, 6.45) is 4.44. The van der Waals surface area contributed by atoms with E-state index in [2.05, 4.69) is 25.8 Å². The van der Waals surface area contributed by atoms with Crippen molar-refractivity contribution in [2.24, 2.45) is 11.8 Å². The largest absolute Gasteiger partial charge is 0.418 e. The number of rotatable bonds is 11. The van der Waals surface area contributed by atoms with Gasteiger partial charge in [-0.2, -0.15) is 0 Å². The van der Waals surface area contributed by atoms with E-state index in [9.17, 15) is 19.2 Å². The quantitative estimate of drug-likeness (QED) is 0.332. The predicted molar refractivity (Wildman–Crippen MR) is 154 cm³/mol. The molecule has 3 amide bonds. The molecule has 11 heteroatoms. The normalized spacial score (nSPS) is 16.4. The molecule has 4 rings (SSSR count). The van der Waals surface area contributed by atoms with Gasteiger partial charge >= 0.3 is 0 Å². The summed E-state index contributed by atoms with van der Waals surface area (Å²) in [6, 6.07) is 8.61. The lowest BCUT2D eigenvalue weighted by Gasteiger charge is -2.31. The van der Waals surface area contributed by atoms with Crippen molar-refractivity contribution < 1.29 is 23.6 Å². The van der Waals surface area contributed by atoms with Crippen LogP contribution in [-0.4, -0.2) is 68.3 Å². The van der Waals surface area contributed by atoms with E-state index in [0.29, 0.717) is 37.3 Å². The number of hydrogen-bond donors (Lipinski definition) is 2. The van der Waals surface area contributed by atoms with Crippen LogP contribution in [0.4, 0.5) is 0 Å². The first kappa shape index (κ1) is 30.5. The van der Waals surface area contributed by atoms with Crippen molar-refractivity contribution in [3.63, 3.8) is 0 Å². The van der Waals surface area contributed by atoms with E-state index >= 15 is 0 Å². The second kappa shape index (κ2) is 13.5. The molecule has 3 heterocycles. The zero-order valence-electron chi connectivity index (χ0n) is 24.7. The summed E-state index contributed by atoms with van der Waals surface area (Å²) in [7, 11) is 0. The minimum Gasteiger partial charge on any atom is -0.418 e. The summed E-state index contributed by atoms with van der Waals surface area (Å²) >= 11 is 0. The molecule has 11 nitrogen and oxygen atoms in total. The lowest BCUT2D eigenvalue weighted by atomic mass is 9.98. The number of carbonyl (C=O) groups is 4. The van der Waals surface area contributed by atoms with Crippen LogP contribution in [0.1, 0.15) is 78.6 Å². The van der Waals surface area contributed by atoms with Gasteiger partial charge in [-0.15, -0.1) is 10.2 Å². The zero-order chi connectivity index (χ0) is 30.4. The van der Waals surface area contributed by atoms with E-state index in [0.717, 1.165) is 11.1 Å². The number of pyridine rings is 1. The number of nitrogens with zero attached hydrogens (tertiary/aromatic N) is 4. The van der Waals surface area contributed by atoms with E-state index in [1.165, 1.54) is 11.1 Å². The molecule has 0 bridgehead atoms. The Balaban J connectivity index is 1.44. The molecule has 0 saturated carbocycles. The number of Topliss-reactive ketones (excluding diaryl/α,β-unsaturated/α-hetero) is 1. The first-order valence-corrected chi connectivity index (χ1v) is 14.3. The van der Waals surface area contributed by atoms with Crippen molar-refractivity contribution in [2.45, 2.75) is 72.0 Å². The second-order valence-electron chi connectivity index (χ2n) is 11.4. The van der Waals surface area contributed by atoms with Gasteiger partial charge in [0.2, 0.25) is 23.5 Å². The number of amides is 3. The van der Waals surface area contributed by atoms with Gasteiger partial charge in [-0.3, -0.25) is 24.2 Å². The maximum Gasteiger partial charge on any atom is 0.286 e. The van der Waals surface area contributed by atoms with Crippen LogP contribution < -0.4 is 10.6 Å². The molecule has 222 valence electrons. The maximum absolute atomic E-state index is 13.6. The van der Waals surface area contributed by atoms with E-state index in [-0.39, 0.29) is 23.6 Å². The Labute approximate surface area is 245 Å². The van der Waals surface area contributed by atoms with E-state index in [1.54, 1.807) is 18.3 Å². The minimum absolute atomic E-state index is 0.172. The number of aryl methyl sites for hydroxylation is 1. The molecule has 0 aliphatic carbocycles. The van der Waals surface area contributed by atoms with E-state index in [1.807, 2.05) is 58.9 Å². The number of hydrogen-bond acceptors (Lipinski definition) is 8. The van der Waals surface area contributed by atoms with Crippen LogP contribution in [0.25, 0.3) is 0 Å². The third-order valence-corrected chi connectivity index (χ3v) is 7.34. The van der Waals surface area contributed by atoms with Gasteiger partial charge in [0.1, 0.15) is 12.1 Å². The average Bonchev–Trinajstić information content (AvgIpc) is 3.64. The second-order valence-corrected chi connectivity index (χ2v) is 11.4. The highest BCUT2D eigenvalue weighted by atomic mass is 16.4. The molecule has 3 aromatic rings. The molecule has 1 fully saturated rings. The molecule has 42 heavy (non-hydrogen) atoms. The minimum atomic E-state index is -0.923. The number of ketones is 1. The monoisotopic (exact) mass is 574 g/mol. The van der Waals surface area contributed by atoms with Crippen LogP contribution in [0.2, 0.25) is 0 Å². The van der Waals surface area contributed by atoms with Crippen LogP contribution in [0, 0.1) is 18.8 Å². The summed E-state index contributed by atoms with van der Waals surface area (Å²) in [5, 5.41) is 13.6. The van der Waals surface area contributed by atoms with Crippen LogP contribution in [0.3, 0.4) is 0 Å². The summed E-state index contributed by atoms with van der Waals surface area (Å²) in [4.78, 5) is 58.8. The average molecular weight is 575 g/mol. The Hall–Kier alpha value is -4.41. The number of likely N-dealkylation sites (tertiary alicyclic amines) is 1. The Morgan fingerprint density at radius 1 is 1.00 bits per heavy atom. The molecule has 1 aromatic carbocycles. The standard InChI is InChI=1S/C31H38N6O5/c1-18(2)25(27(38)30-36-35-24(42-30)16-21-10-6-9-20(5)15-21)33-29(40)23-12-8-14-37(23)31(41)26(19(3)4)34-28(39)22-11-7-13-32-17-22/h6-7,9-11,13,15,17-19,23,25-26H,8,12,14,16H2,1-5H3,(H,33,40)(H,34,39)/t23-,25-,26-/m0/s1. The van der Waals surface area contributed by atoms with Gasteiger partial charge in [-0.1, -0.05) is 57.5 Å². The van der Waals surface area contributed by atoms with Gasteiger partial charge < -0.3 is 20.0 Å². The third-order valence-electron chi connectivity index (χ3n) is 7.34. The highest BCUT2D eigenvalue weighted by Crippen LogP contribution is 2.22. The molecular weight excluding hydrogens is 536 g/mol. The van der Waals surface area contributed by atoms with Crippen molar-refractivity contribution in [3.05, 3.63) is 77.3 Å². The molecule has 0 radical (unpaired) electrons. The fraction of sp³-hybridized carbons (Fsp3) is 0.452. The van der Waals surface area contributed by atoms with Crippen molar-refractivity contribution in [1.82, 2.24) is 30.7 Å². The molecule has 1 saturated heterocycles. The molecule has 2 aromatic heterocycles. The Bertz CT molecular complexity index is 1420. The highest BCUT2D eigenvalue weighted by Gasteiger charge is 2.40. The molecule has 1 aliphatic heterocycles. The summed E-state index contributed by atoms with van der Waals surface area (Å²) < 4.78 is 5.69. The number of benzene rings is 1. The van der Waals surface area contributed by atoms with Crippen molar-refractivity contribution in [1.29, 1.82) is 0 Å². The third kappa shape index (κ3) is 7.26. The molecule has 0 unspecified atom stereocenters. The molecule has 1 aliphatic rings. The first-order valence-electron chi connectivity index (χ1n) is 14.3. The summed E-state index contributed by atoms with van der Waals surface area (Å²) in [5.41, 5.74) is 2.42. The van der Waals surface area contributed by atoms with Gasteiger partial charge in [-0.25, -0.2) is 0 Å². The number of nitrogens with one attached hydrogen (secondary N) is 2. The highest BCUT2D eigenvalue weighted by molar-refractivity contribution is 6.01. The smallest absolute Gasteiger partial charge is 0.286 e. The lowest BCUT2D eigenvalue weighted by molar-refractivity contribution is -0.140. The fourth-order valence-corrected chi connectivity index (χ4v) is 5.06. The van der Waals surface area contributed by atoms with Crippen LogP contribution in [-0.2, 0) is 16.0 Å². The predicted octanol–water partition coefficient (Wildman–Crippen LogP) is 3.13. The summed E-state index contributed by atoms with van der Waals surface area (Å²) in [6.45, 7) is 9.66. The van der Waals surface area contributed by atoms with Crippen molar-refractivity contribution >= 4 is 23.5 Å². The first-order chi connectivity index (χ1) is 20.0. The van der Waals surface area contributed by atoms with Crippen LogP contribution in [0.15, 0.2) is 53.2 Å². The van der Waals surface area contributed by atoms with Gasteiger partial charge in [0.05, 0.1) is 18.0 Å². The number of aromatic nitrogens is 3. The molecule has 0 spiro atoms. The maximum atomic E-state index is 13.6. The lowest BCUT2D eigenvalue weighted by Crippen LogP contribution is -2.57. The SMILES string of the molecule is Cc1cccc(Cc2nnc(C(=O)[C@@H](NC(=O)[C@@H]3CCCN3C(=O)[C@@H](NC(=O)c3cccnc3)C(C)C)C(C)C)o2)c1. The Morgan fingerprint density at radius 3 is 2.43 bits per heavy atom. The van der Waals surface area contributed by atoms with E-state index < -0.39 is 35.7 Å². The molecule has 2 N–H and O–H groups in total.